The van der Waals surface area contributed by atoms with Gasteiger partial charge in [0.1, 0.15) is 11.6 Å². The summed E-state index contributed by atoms with van der Waals surface area (Å²) >= 11 is 0. The number of rotatable bonds is 6. The first-order chi connectivity index (χ1) is 14.9. The molecule has 2 heterocycles. The summed E-state index contributed by atoms with van der Waals surface area (Å²) in [5, 5.41) is -0.139. The summed E-state index contributed by atoms with van der Waals surface area (Å²) in [5.41, 5.74) is 0.644. The molecule has 0 aliphatic carbocycles. The van der Waals surface area contributed by atoms with Gasteiger partial charge in [0.2, 0.25) is 26.6 Å². The van der Waals surface area contributed by atoms with Crippen LogP contribution in [0.4, 0.5) is 10.3 Å². The lowest BCUT2D eigenvalue weighted by atomic mass is 9.95. The van der Waals surface area contributed by atoms with Crippen molar-refractivity contribution in [2.75, 3.05) is 25.1 Å². The van der Waals surface area contributed by atoms with E-state index in [4.69, 9.17) is 9.15 Å². The number of anilines is 1. The summed E-state index contributed by atoms with van der Waals surface area (Å²) in [6, 6.07) is 11.8. The first-order valence-corrected chi connectivity index (χ1v) is 11.8. The van der Waals surface area contributed by atoms with Crippen LogP contribution in [-0.2, 0) is 9.84 Å². The van der Waals surface area contributed by atoms with Crippen LogP contribution in [0.2, 0.25) is 0 Å². The van der Waals surface area contributed by atoms with Gasteiger partial charge in [-0.2, -0.15) is 4.98 Å². The van der Waals surface area contributed by atoms with E-state index in [-0.39, 0.29) is 21.7 Å². The summed E-state index contributed by atoms with van der Waals surface area (Å²) in [6.45, 7) is 3.56. The van der Waals surface area contributed by atoms with E-state index in [1.807, 2.05) is 4.90 Å². The highest BCUT2D eigenvalue weighted by atomic mass is 32.2. The summed E-state index contributed by atoms with van der Waals surface area (Å²) in [6.07, 6.45) is 3.03. The Morgan fingerprint density at radius 2 is 1.74 bits per heavy atom. The summed E-state index contributed by atoms with van der Waals surface area (Å²) < 4.78 is 51.3. The molecular weight excluding hydrogens is 419 g/mol. The molecule has 1 aliphatic heterocycles. The highest BCUT2D eigenvalue weighted by molar-refractivity contribution is 7.91. The van der Waals surface area contributed by atoms with Crippen molar-refractivity contribution in [1.29, 1.82) is 0 Å². The summed E-state index contributed by atoms with van der Waals surface area (Å²) in [4.78, 5) is 6.32. The molecule has 0 spiro atoms. The van der Waals surface area contributed by atoms with Gasteiger partial charge in [0.25, 0.3) is 0 Å². The van der Waals surface area contributed by atoms with Crippen LogP contribution in [0.25, 0.3) is 11.5 Å². The number of hydrogen-bond donors (Lipinski definition) is 0. The molecule has 4 rings (SSSR count). The molecule has 0 radical (unpaired) electrons. The number of ether oxygens (including phenoxy) is 1. The molecule has 0 N–H and O–H groups in total. The zero-order valence-electron chi connectivity index (χ0n) is 17.5. The number of hydrogen-bond acceptors (Lipinski definition) is 6. The zero-order chi connectivity index (χ0) is 22.0. The second-order valence-corrected chi connectivity index (χ2v) is 9.52. The average molecular weight is 445 g/mol. The van der Waals surface area contributed by atoms with Gasteiger partial charge in [0, 0.05) is 18.7 Å². The Bertz CT molecular complexity index is 1130. The number of oxazole rings is 1. The van der Waals surface area contributed by atoms with Crippen molar-refractivity contribution in [3.8, 4) is 17.2 Å². The fraction of sp³-hybridized carbons (Fsp3) is 0.348. The maximum Gasteiger partial charge on any atom is 0.236 e. The maximum atomic E-state index is 13.4. The fourth-order valence-corrected chi connectivity index (χ4v) is 5.12. The molecule has 164 valence electrons. The third-order valence-electron chi connectivity index (χ3n) is 5.77. The second kappa shape index (κ2) is 8.70. The molecule has 0 atom stereocenters. The van der Waals surface area contributed by atoms with Crippen molar-refractivity contribution in [2.24, 2.45) is 5.92 Å². The van der Waals surface area contributed by atoms with E-state index in [1.54, 1.807) is 31.4 Å². The predicted molar refractivity (Wildman–Crippen MR) is 116 cm³/mol. The van der Waals surface area contributed by atoms with E-state index in [0.717, 1.165) is 31.4 Å². The van der Waals surface area contributed by atoms with Gasteiger partial charge >= 0.3 is 0 Å². The van der Waals surface area contributed by atoms with E-state index in [2.05, 4.69) is 11.9 Å². The molecule has 1 aromatic heterocycles. The van der Waals surface area contributed by atoms with Crippen LogP contribution in [0.3, 0.4) is 0 Å². The summed E-state index contributed by atoms with van der Waals surface area (Å²) in [5.74, 6) is 1.26. The largest absolute Gasteiger partial charge is 0.497 e. The average Bonchev–Trinajstić information content (AvgIpc) is 3.26. The Balaban J connectivity index is 1.78. The summed E-state index contributed by atoms with van der Waals surface area (Å²) in [7, 11) is -2.42. The molecule has 0 unspecified atom stereocenters. The highest BCUT2D eigenvalue weighted by Gasteiger charge is 2.33. The molecule has 31 heavy (non-hydrogen) atoms. The van der Waals surface area contributed by atoms with Gasteiger partial charge in [-0.3, -0.25) is 0 Å². The lowest BCUT2D eigenvalue weighted by molar-refractivity contribution is 0.380. The third kappa shape index (κ3) is 4.30. The van der Waals surface area contributed by atoms with Gasteiger partial charge in [-0.15, -0.1) is 0 Å². The monoisotopic (exact) mass is 444 g/mol. The number of nitrogens with zero attached hydrogens (tertiary/aromatic N) is 2. The number of piperidine rings is 1. The Hall–Kier alpha value is -2.87. The van der Waals surface area contributed by atoms with Crippen LogP contribution in [0.5, 0.6) is 5.75 Å². The molecule has 3 aromatic rings. The maximum absolute atomic E-state index is 13.4. The number of halogens is 1. The SMILES string of the molecule is CCC1CCN(c2oc(-c3ccc(OC)cc3)nc2S(=O)(=O)c2ccc(F)cc2)CC1. The molecular formula is C23H25FN2O4S. The molecule has 2 aromatic carbocycles. The van der Waals surface area contributed by atoms with E-state index >= 15 is 0 Å². The Labute approximate surface area is 181 Å². The number of benzene rings is 2. The van der Waals surface area contributed by atoms with Crippen molar-refractivity contribution in [3.05, 3.63) is 54.3 Å². The van der Waals surface area contributed by atoms with E-state index in [9.17, 15) is 12.8 Å². The second-order valence-electron chi connectivity index (χ2n) is 7.65. The number of methoxy groups -OCH3 is 1. The van der Waals surface area contributed by atoms with Crippen molar-refractivity contribution in [1.82, 2.24) is 4.98 Å². The molecule has 0 bridgehead atoms. The number of aromatic nitrogens is 1. The van der Waals surface area contributed by atoms with Crippen molar-refractivity contribution >= 4 is 15.7 Å². The molecule has 0 saturated carbocycles. The highest BCUT2D eigenvalue weighted by Crippen LogP contribution is 2.37. The van der Waals surface area contributed by atoms with Crippen LogP contribution in [0.15, 0.2) is 62.9 Å². The van der Waals surface area contributed by atoms with E-state index in [1.165, 1.54) is 12.1 Å². The topological polar surface area (TPSA) is 72.6 Å². The molecule has 8 heteroatoms. The Morgan fingerprint density at radius 1 is 1.10 bits per heavy atom. The third-order valence-corrected chi connectivity index (χ3v) is 7.44. The minimum Gasteiger partial charge on any atom is -0.497 e. The first-order valence-electron chi connectivity index (χ1n) is 10.3. The fourth-order valence-electron chi connectivity index (χ4n) is 3.80. The number of sulfone groups is 1. The predicted octanol–water partition coefficient (Wildman–Crippen LogP) is 4.95. The lowest BCUT2D eigenvalue weighted by Gasteiger charge is -2.31. The van der Waals surface area contributed by atoms with Crippen molar-refractivity contribution in [2.45, 2.75) is 36.1 Å². The van der Waals surface area contributed by atoms with Gasteiger partial charge < -0.3 is 14.1 Å². The van der Waals surface area contributed by atoms with Crippen molar-refractivity contribution in [3.63, 3.8) is 0 Å². The smallest absolute Gasteiger partial charge is 0.236 e. The molecule has 1 fully saturated rings. The quantitative estimate of drug-likeness (QED) is 0.501. The molecule has 6 nitrogen and oxygen atoms in total. The van der Waals surface area contributed by atoms with E-state index in [0.29, 0.717) is 30.3 Å². The van der Waals surface area contributed by atoms with Crippen LogP contribution >= 0.6 is 0 Å². The van der Waals surface area contributed by atoms with Gasteiger partial charge in [-0.1, -0.05) is 13.3 Å². The van der Waals surface area contributed by atoms with Crippen molar-refractivity contribution < 1.29 is 22.0 Å². The normalized spacial score (nSPS) is 15.3. The minimum absolute atomic E-state index is 0.0202. The lowest BCUT2D eigenvalue weighted by Crippen LogP contribution is -2.34. The van der Waals surface area contributed by atoms with E-state index < -0.39 is 15.7 Å². The van der Waals surface area contributed by atoms with Gasteiger partial charge in [-0.05, 0) is 67.3 Å². The standard InChI is InChI=1S/C23H25FN2O4S/c1-3-16-12-14-26(15-13-16)23-22(31(27,28)20-10-6-18(24)7-11-20)25-21(30-23)17-4-8-19(29-2)9-5-17/h4-11,16H,3,12-15H2,1-2H3. The molecule has 0 amide bonds. The zero-order valence-corrected chi connectivity index (χ0v) is 18.4. The van der Waals surface area contributed by atoms with Crippen LogP contribution < -0.4 is 9.64 Å². The van der Waals surface area contributed by atoms with Gasteiger partial charge in [-0.25, -0.2) is 12.8 Å². The van der Waals surface area contributed by atoms with Gasteiger partial charge in [0.05, 0.1) is 12.0 Å². The molecule has 1 aliphatic rings. The van der Waals surface area contributed by atoms with Crippen LogP contribution in [0, 0.1) is 11.7 Å². The van der Waals surface area contributed by atoms with Crippen LogP contribution in [0.1, 0.15) is 26.2 Å². The Morgan fingerprint density at radius 3 is 2.32 bits per heavy atom. The van der Waals surface area contributed by atoms with Gasteiger partial charge in [0.15, 0.2) is 0 Å². The minimum atomic E-state index is -3.99. The Kier molecular flexibility index (Phi) is 6.00. The first kappa shape index (κ1) is 21.4. The van der Waals surface area contributed by atoms with Crippen LogP contribution in [-0.4, -0.2) is 33.6 Å². The molecule has 1 saturated heterocycles.